The summed E-state index contributed by atoms with van der Waals surface area (Å²) in [7, 11) is 1.47. The van der Waals surface area contributed by atoms with Gasteiger partial charge in [-0.2, -0.15) is 0 Å². The molecule has 0 aliphatic rings. The van der Waals surface area contributed by atoms with Crippen LogP contribution in [0.5, 0.6) is 0 Å². The maximum atomic E-state index is 7.22. The van der Waals surface area contributed by atoms with E-state index in [0.717, 1.165) is 4.88 Å². The molecule has 0 saturated carbocycles. The Labute approximate surface area is 67.9 Å². The summed E-state index contributed by atoms with van der Waals surface area (Å²) in [6, 6.07) is 1.71. The molecule has 2 nitrogen and oxygen atoms in total. The molecule has 1 N–H and O–H groups in total. The van der Waals surface area contributed by atoms with Gasteiger partial charge < -0.3 is 4.74 Å². The molecule has 0 atom stereocenters. The van der Waals surface area contributed by atoms with Gasteiger partial charge in [-0.3, -0.25) is 5.41 Å². The minimum absolute atomic E-state index is 0.164. The number of hydrogen-bond donors (Lipinski definition) is 1. The first-order chi connectivity index (χ1) is 4.74. The lowest BCUT2D eigenvalue weighted by molar-refractivity contribution is 0.402. The molecular weight excluding hydrogens is 170 g/mol. The van der Waals surface area contributed by atoms with Crippen molar-refractivity contribution in [1.82, 2.24) is 0 Å². The van der Waals surface area contributed by atoms with Crippen LogP contribution in [-0.2, 0) is 4.74 Å². The fraction of sp³-hybridized carbons (Fsp3) is 0.167. The van der Waals surface area contributed by atoms with Gasteiger partial charge in [0.05, 0.1) is 17.0 Å². The Hall–Kier alpha value is -0.540. The molecule has 0 saturated heterocycles. The van der Waals surface area contributed by atoms with Crippen LogP contribution >= 0.6 is 22.9 Å². The van der Waals surface area contributed by atoms with E-state index in [2.05, 4.69) is 4.74 Å². The Morgan fingerprint density at radius 1 is 1.80 bits per heavy atom. The standard InChI is InChI=1S/C6H6ClNOS/c1-9-6(8)5-2-4(7)3-10-5/h2-3,8H,1H3. The Bertz CT molecular complexity index is 246. The normalized spacial score (nSPS) is 9.40. The molecule has 0 unspecified atom stereocenters. The van der Waals surface area contributed by atoms with Crippen LogP contribution in [0.3, 0.4) is 0 Å². The highest BCUT2D eigenvalue weighted by molar-refractivity contribution is 7.12. The third-order valence-electron chi connectivity index (χ3n) is 0.995. The molecule has 1 aromatic heterocycles. The summed E-state index contributed by atoms with van der Waals surface area (Å²) >= 11 is 7.02. The van der Waals surface area contributed by atoms with E-state index in [-0.39, 0.29) is 5.90 Å². The largest absolute Gasteiger partial charge is 0.480 e. The number of thiophene rings is 1. The van der Waals surface area contributed by atoms with E-state index in [9.17, 15) is 0 Å². The van der Waals surface area contributed by atoms with Crippen LogP contribution in [0.25, 0.3) is 0 Å². The SMILES string of the molecule is COC(=N)c1cc(Cl)cs1. The number of methoxy groups -OCH3 is 1. The van der Waals surface area contributed by atoms with E-state index in [0.29, 0.717) is 5.02 Å². The lowest BCUT2D eigenvalue weighted by atomic mass is 10.5. The van der Waals surface area contributed by atoms with Crippen molar-refractivity contribution in [3.05, 3.63) is 21.3 Å². The van der Waals surface area contributed by atoms with Crippen LogP contribution in [0.4, 0.5) is 0 Å². The summed E-state index contributed by atoms with van der Waals surface area (Å²) in [4.78, 5) is 0.757. The smallest absolute Gasteiger partial charge is 0.223 e. The number of halogens is 1. The number of ether oxygens (including phenoxy) is 1. The van der Waals surface area contributed by atoms with E-state index in [1.807, 2.05) is 0 Å². The van der Waals surface area contributed by atoms with Crippen LogP contribution in [-0.4, -0.2) is 13.0 Å². The predicted octanol–water partition coefficient (Wildman–Crippen LogP) is 2.37. The molecule has 0 spiro atoms. The summed E-state index contributed by atoms with van der Waals surface area (Å²) in [6.07, 6.45) is 0. The first-order valence-electron chi connectivity index (χ1n) is 2.61. The predicted molar refractivity (Wildman–Crippen MR) is 43.2 cm³/mol. The highest BCUT2D eigenvalue weighted by Crippen LogP contribution is 2.19. The van der Waals surface area contributed by atoms with Crippen molar-refractivity contribution in [2.75, 3.05) is 7.11 Å². The van der Waals surface area contributed by atoms with Crippen LogP contribution in [0.2, 0.25) is 5.02 Å². The maximum absolute atomic E-state index is 7.22. The molecule has 10 heavy (non-hydrogen) atoms. The van der Waals surface area contributed by atoms with Crippen molar-refractivity contribution >= 4 is 28.8 Å². The first-order valence-corrected chi connectivity index (χ1v) is 3.86. The molecule has 0 radical (unpaired) electrons. The van der Waals surface area contributed by atoms with Crippen LogP contribution in [0.1, 0.15) is 4.88 Å². The average Bonchev–Trinajstić information content (AvgIpc) is 2.34. The number of nitrogens with one attached hydrogen (secondary N) is 1. The zero-order valence-electron chi connectivity index (χ0n) is 5.35. The molecule has 0 amide bonds. The van der Waals surface area contributed by atoms with Crippen molar-refractivity contribution < 1.29 is 4.74 Å². The second-order valence-electron chi connectivity index (χ2n) is 1.66. The lowest BCUT2D eigenvalue weighted by Crippen LogP contribution is -1.96. The Balaban J connectivity index is 2.85. The molecular formula is C6H6ClNOS. The second-order valence-corrected chi connectivity index (χ2v) is 3.01. The lowest BCUT2D eigenvalue weighted by Gasteiger charge is -1.94. The fourth-order valence-electron chi connectivity index (χ4n) is 0.533. The molecule has 54 valence electrons. The van der Waals surface area contributed by atoms with Crippen LogP contribution in [0, 0.1) is 5.41 Å². The summed E-state index contributed by atoms with van der Waals surface area (Å²) < 4.78 is 4.68. The van der Waals surface area contributed by atoms with Crippen LogP contribution < -0.4 is 0 Å². The fourth-order valence-corrected chi connectivity index (χ4v) is 1.53. The van der Waals surface area contributed by atoms with Crippen molar-refractivity contribution in [1.29, 1.82) is 5.41 Å². The monoisotopic (exact) mass is 175 g/mol. The highest BCUT2D eigenvalue weighted by atomic mass is 35.5. The van der Waals surface area contributed by atoms with Gasteiger partial charge in [0.15, 0.2) is 0 Å². The summed E-state index contributed by atoms with van der Waals surface area (Å²) in [5, 5.41) is 9.64. The van der Waals surface area contributed by atoms with Crippen molar-refractivity contribution in [2.24, 2.45) is 0 Å². The summed E-state index contributed by atoms with van der Waals surface area (Å²) in [5.74, 6) is 0.164. The van der Waals surface area contributed by atoms with Gasteiger partial charge in [0.25, 0.3) is 0 Å². The third kappa shape index (κ3) is 1.49. The number of hydrogen-bond acceptors (Lipinski definition) is 3. The number of rotatable bonds is 1. The van der Waals surface area contributed by atoms with E-state index in [1.54, 1.807) is 11.4 Å². The minimum Gasteiger partial charge on any atom is -0.480 e. The topological polar surface area (TPSA) is 33.1 Å². The molecule has 1 aromatic rings. The van der Waals surface area contributed by atoms with Gasteiger partial charge in [-0.15, -0.1) is 11.3 Å². The molecule has 0 aliphatic heterocycles. The van der Waals surface area contributed by atoms with Gasteiger partial charge >= 0.3 is 0 Å². The molecule has 0 bridgehead atoms. The summed E-state index contributed by atoms with van der Waals surface area (Å²) in [6.45, 7) is 0. The van der Waals surface area contributed by atoms with E-state index >= 15 is 0 Å². The molecule has 0 aromatic carbocycles. The van der Waals surface area contributed by atoms with E-state index in [4.69, 9.17) is 17.0 Å². The highest BCUT2D eigenvalue weighted by Gasteiger charge is 2.02. The van der Waals surface area contributed by atoms with Gasteiger partial charge in [-0.05, 0) is 6.07 Å². The zero-order valence-corrected chi connectivity index (χ0v) is 6.92. The molecule has 0 fully saturated rings. The Morgan fingerprint density at radius 2 is 2.50 bits per heavy atom. The molecule has 1 rings (SSSR count). The maximum Gasteiger partial charge on any atom is 0.223 e. The molecule has 0 aliphatic carbocycles. The second kappa shape index (κ2) is 3.03. The van der Waals surface area contributed by atoms with Crippen molar-refractivity contribution in [3.63, 3.8) is 0 Å². The van der Waals surface area contributed by atoms with Gasteiger partial charge in [0, 0.05) is 5.38 Å². The summed E-state index contributed by atoms with van der Waals surface area (Å²) in [5.41, 5.74) is 0. The zero-order chi connectivity index (χ0) is 7.56. The van der Waals surface area contributed by atoms with Crippen LogP contribution in [0.15, 0.2) is 11.4 Å². The van der Waals surface area contributed by atoms with Gasteiger partial charge in [-0.1, -0.05) is 11.6 Å². The van der Waals surface area contributed by atoms with Gasteiger partial charge in [0.1, 0.15) is 0 Å². The Morgan fingerprint density at radius 3 is 2.90 bits per heavy atom. The van der Waals surface area contributed by atoms with E-state index in [1.165, 1.54) is 18.4 Å². The molecule has 1 heterocycles. The minimum atomic E-state index is 0.164. The van der Waals surface area contributed by atoms with Crippen molar-refractivity contribution in [3.8, 4) is 0 Å². The quantitative estimate of drug-likeness (QED) is 0.516. The Kier molecular flexibility index (Phi) is 2.29. The van der Waals surface area contributed by atoms with Crippen molar-refractivity contribution in [2.45, 2.75) is 0 Å². The third-order valence-corrected chi connectivity index (χ3v) is 2.27. The van der Waals surface area contributed by atoms with Gasteiger partial charge in [0.2, 0.25) is 5.90 Å². The average molecular weight is 176 g/mol. The van der Waals surface area contributed by atoms with E-state index < -0.39 is 0 Å². The first kappa shape index (κ1) is 7.57. The van der Waals surface area contributed by atoms with Gasteiger partial charge in [-0.25, -0.2) is 0 Å². The molecule has 4 heteroatoms.